The number of carbonyl (C=O) groups excluding carboxylic acids is 1. The highest BCUT2D eigenvalue weighted by atomic mass is 19.3. The number of imidazole rings is 1. The molecule has 0 unspecified atom stereocenters. The van der Waals surface area contributed by atoms with Crippen LogP contribution < -0.4 is 4.90 Å². The van der Waals surface area contributed by atoms with Crippen LogP contribution in [0, 0.1) is 10.1 Å². The van der Waals surface area contributed by atoms with E-state index in [9.17, 15) is 23.7 Å². The van der Waals surface area contributed by atoms with Gasteiger partial charge in [-0.1, -0.05) is 0 Å². The molecule has 0 radical (unpaired) electrons. The number of alkyl halides is 2. The fourth-order valence-corrected chi connectivity index (χ4v) is 4.38. The third-order valence-electron chi connectivity index (χ3n) is 6.17. The van der Waals surface area contributed by atoms with Gasteiger partial charge in [-0.15, -0.1) is 0 Å². The molecule has 2 aliphatic rings. The molecule has 0 bridgehead atoms. The van der Waals surface area contributed by atoms with Crippen molar-refractivity contribution in [2.24, 2.45) is 0 Å². The fourth-order valence-electron chi connectivity index (χ4n) is 4.38. The average molecular weight is 466 g/mol. The molecule has 1 amide bonds. The lowest BCUT2D eigenvalue weighted by Crippen LogP contribution is -2.41. The fraction of sp³-hybridized carbons (Fsp3) is 0.636. The molecule has 9 nitrogen and oxygen atoms in total. The normalized spacial score (nSPS) is 19.7. The van der Waals surface area contributed by atoms with E-state index in [1.54, 1.807) is 26.5 Å². The second kappa shape index (κ2) is 8.42. The van der Waals surface area contributed by atoms with Crippen molar-refractivity contribution < 1.29 is 23.2 Å². The van der Waals surface area contributed by atoms with Gasteiger partial charge in [-0.3, -0.25) is 14.5 Å². The standard InChI is InChI=1S/C22H29F2N5O4/c1-21(2,3)33-20(30)27-8-4-15(5-9-27)16-13-28-14-18(29(31)32)17(12-19(28)25-16)26-10-6-22(23,24)7-11-26/h12-15H,4-11H2,1-3H3. The lowest BCUT2D eigenvalue weighted by atomic mass is 9.94. The summed E-state index contributed by atoms with van der Waals surface area (Å²) in [5.74, 6) is -2.62. The number of rotatable bonds is 3. The lowest BCUT2D eigenvalue weighted by molar-refractivity contribution is -0.384. The molecule has 11 heteroatoms. The maximum Gasteiger partial charge on any atom is 0.410 e. The van der Waals surface area contributed by atoms with Crippen molar-refractivity contribution in [3.63, 3.8) is 0 Å². The Morgan fingerprint density at radius 2 is 1.82 bits per heavy atom. The molecule has 2 fully saturated rings. The summed E-state index contributed by atoms with van der Waals surface area (Å²) in [6, 6.07) is 1.61. The predicted molar refractivity (Wildman–Crippen MR) is 118 cm³/mol. The number of hydrogen-bond acceptors (Lipinski definition) is 6. The maximum absolute atomic E-state index is 13.6. The van der Waals surface area contributed by atoms with Crippen LogP contribution in [0.5, 0.6) is 0 Å². The molecule has 4 rings (SSSR count). The largest absolute Gasteiger partial charge is 0.444 e. The quantitative estimate of drug-likeness (QED) is 0.486. The summed E-state index contributed by atoms with van der Waals surface area (Å²) in [7, 11) is 0. The van der Waals surface area contributed by atoms with Gasteiger partial charge in [-0.25, -0.2) is 18.6 Å². The molecule has 2 aromatic heterocycles. The van der Waals surface area contributed by atoms with E-state index < -0.39 is 16.4 Å². The van der Waals surface area contributed by atoms with Crippen LogP contribution in [0.25, 0.3) is 5.65 Å². The number of piperidine rings is 2. The molecule has 2 aliphatic heterocycles. The second-order valence-electron chi connectivity index (χ2n) is 9.82. The third kappa shape index (κ3) is 5.17. The molecule has 0 spiro atoms. The van der Waals surface area contributed by atoms with E-state index in [-0.39, 0.29) is 43.6 Å². The van der Waals surface area contributed by atoms with Gasteiger partial charge >= 0.3 is 11.8 Å². The summed E-state index contributed by atoms with van der Waals surface area (Å²) in [6.45, 7) is 6.69. The van der Waals surface area contributed by atoms with E-state index in [0.717, 1.165) is 5.69 Å². The first kappa shape index (κ1) is 23.2. The van der Waals surface area contributed by atoms with E-state index >= 15 is 0 Å². The number of pyridine rings is 1. The number of ether oxygens (including phenoxy) is 1. The zero-order chi connectivity index (χ0) is 24.0. The van der Waals surface area contributed by atoms with Crippen molar-refractivity contribution in [3.8, 4) is 0 Å². The summed E-state index contributed by atoms with van der Waals surface area (Å²) in [4.78, 5) is 31.5. The van der Waals surface area contributed by atoms with Crippen LogP contribution in [0.1, 0.15) is 58.1 Å². The molecule has 2 saturated heterocycles. The van der Waals surface area contributed by atoms with Crippen LogP contribution in [-0.2, 0) is 4.74 Å². The van der Waals surface area contributed by atoms with Crippen LogP contribution in [0.2, 0.25) is 0 Å². The number of hydrogen-bond donors (Lipinski definition) is 0. The van der Waals surface area contributed by atoms with E-state index in [4.69, 9.17) is 4.74 Å². The van der Waals surface area contributed by atoms with Gasteiger partial charge in [-0.05, 0) is 33.6 Å². The van der Waals surface area contributed by atoms with Crippen molar-refractivity contribution in [1.82, 2.24) is 14.3 Å². The summed E-state index contributed by atoms with van der Waals surface area (Å²) >= 11 is 0. The third-order valence-corrected chi connectivity index (χ3v) is 6.17. The monoisotopic (exact) mass is 465 g/mol. The van der Waals surface area contributed by atoms with Gasteiger partial charge in [0, 0.05) is 57.2 Å². The van der Waals surface area contributed by atoms with E-state index in [1.807, 2.05) is 20.8 Å². The van der Waals surface area contributed by atoms with Crippen molar-refractivity contribution in [1.29, 1.82) is 0 Å². The SMILES string of the molecule is CC(C)(C)OC(=O)N1CCC(c2cn3cc([N+](=O)[O-])c(N4CCC(F)(F)CC4)cc3n2)CC1. The molecule has 0 aliphatic carbocycles. The number of aromatic nitrogens is 2. The maximum atomic E-state index is 13.6. The summed E-state index contributed by atoms with van der Waals surface area (Å²) in [6.07, 6.45) is 3.62. The molecule has 0 atom stereocenters. The molecule has 2 aromatic rings. The van der Waals surface area contributed by atoms with Crippen molar-refractivity contribution >= 4 is 23.1 Å². The highest BCUT2D eigenvalue weighted by molar-refractivity contribution is 5.69. The van der Waals surface area contributed by atoms with Crippen LogP contribution in [0.3, 0.4) is 0 Å². The van der Waals surface area contributed by atoms with Gasteiger partial charge in [0.2, 0.25) is 0 Å². The Morgan fingerprint density at radius 1 is 1.18 bits per heavy atom. The zero-order valence-electron chi connectivity index (χ0n) is 19.1. The number of nitrogens with zero attached hydrogens (tertiary/aromatic N) is 5. The van der Waals surface area contributed by atoms with Gasteiger partial charge in [0.25, 0.3) is 5.92 Å². The molecule has 0 saturated carbocycles. The van der Waals surface area contributed by atoms with Crippen LogP contribution in [0.15, 0.2) is 18.5 Å². The van der Waals surface area contributed by atoms with Gasteiger partial charge in [0.15, 0.2) is 0 Å². The van der Waals surface area contributed by atoms with Crippen molar-refractivity contribution in [2.45, 2.75) is 63.9 Å². The van der Waals surface area contributed by atoms with Crippen molar-refractivity contribution in [2.75, 3.05) is 31.1 Å². The number of likely N-dealkylation sites (tertiary alicyclic amines) is 1. The Hall–Kier alpha value is -2.98. The zero-order valence-corrected chi connectivity index (χ0v) is 19.1. The summed E-state index contributed by atoms with van der Waals surface area (Å²) in [5.41, 5.74) is 0.982. The Kier molecular flexibility index (Phi) is 5.92. The Morgan fingerprint density at radius 3 is 2.39 bits per heavy atom. The van der Waals surface area contributed by atoms with Crippen LogP contribution in [0.4, 0.5) is 25.0 Å². The number of carbonyl (C=O) groups is 1. The van der Waals surface area contributed by atoms with Gasteiger partial charge in [-0.2, -0.15) is 0 Å². The average Bonchev–Trinajstić information content (AvgIpc) is 3.15. The number of anilines is 1. The molecule has 0 aromatic carbocycles. The van der Waals surface area contributed by atoms with Crippen LogP contribution in [-0.4, -0.2) is 63.0 Å². The molecule has 4 heterocycles. The topological polar surface area (TPSA) is 93.2 Å². The number of fused-ring (bicyclic) bond motifs is 1. The second-order valence-corrected chi connectivity index (χ2v) is 9.82. The van der Waals surface area contributed by atoms with Crippen LogP contribution >= 0.6 is 0 Å². The summed E-state index contributed by atoms with van der Waals surface area (Å²) < 4.78 is 34.2. The minimum Gasteiger partial charge on any atom is -0.444 e. The first-order valence-corrected chi connectivity index (χ1v) is 11.2. The number of amides is 1. The molecular weight excluding hydrogens is 436 g/mol. The first-order valence-electron chi connectivity index (χ1n) is 11.2. The van der Waals surface area contributed by atoms with Gasteiger partial charge in [0.1, 0.15) is 16.9 Å². The smallest absolute Gasteiger partial charge is 0.410 e. The molecule has 180 valence electrons. The lowest BCUT2D eigenvalue weighted by Gasteiger charge is -2.33. The number of nitro groups is 1. The molecule has 0 N–H and O–H groups in total. The Bertz CT molecular complexity index is 1050. The minimum atomic E-state index is -2.73. The van der Waals surface area contributed by atoms with E-state index in [1.165, 1.54) is 6.20 Å². The highest BCUT2D eigenvalue weighted by Gasteiger charge is 2.36. The van der Waals surface area contributed by atoms with E-state index in [0.29, 0.717) is 37.3 Å². The van der Waals surface area contributed by atoms with Crippen molar-refractivity contribution in [3.05, 3.63) is 34.3 Å². The molecule has 33 heavy (non-hydrogen) atoms. The predicted octanol–water partition coefficient (Wildman–Crippen LogP) is 4.59. The van der Waals surface area contributed by atoms with Gasteiger partial charge < -0.3 is 14.5 Å². The summed E-state index contributed by atoms with van der Waals surface area (Å²) in [5, 5.41) is 11.7. The highest BCUT2D eigenvalue weighted by Crippen LogP contribution is 2.36. The first-order chi connectivity index (χ1) is 15.4. The minimum absolute atomic E-state index is 0.0563. The Balaban J connectivity index is 1.52. The Labute approximate surface area is 190 Å². The van der Waals surface area contributed by atoms with Gasteiger partial charge in [0.05, 0.1) is 16.8 Å². The number of halogens is 2. The molecular formula is C22H29F2N5O4. The van der Waals surface area contributed by atoms with E-state index in [2.05, 4.69) is 4.98 Å².